The summed E-state index contributed by atoms with van der Waals surface area (Å²) in [4.78, 5) is 24.6. The fourth-order valence-corrected chi connectivity index (χ4v) is 2.73. The summed E-state index contributed by atoms with van der Waals surface area (Å²) in [5.74, 6) is -1.45. The summed E-state index contributed by atoms with van der Waals surface area (Å²) < 4.78 is 37.1. The van der Waals surface area contributed by atoms with Crippen LogP contribution in [0.15, 0.2) is 72.5 Å². The molecule has 6 heteroatoms. The van der Waals surface area contributed by atoms with Crippen molar-refractivity contribution in [1.82, 2.24) is 0 Å². The Morgan fingerprint density at radius 2 is 1.71 bits per heavy atom. The van der Waals surface area contributed by atoms with Crippen LogP contribution in [0, 0.1) is 11.6 Å². The molecule has 28 heavy (non-hydrogen) atoms. The van der Waals surface area contributed by atoms with Crippen LogP contribution < -0.4 is 9.47 Å². The van der Waals surface area contributed by atoms with Crippen LogP contribution in [0.3, 0.4) is 0 Å². The van der Waals surface area contributed by atoms with Gasteiger partial charge in [-0.1, -0.05) is 12.1 Å². The highest BCUT2D eigenvalue weighted by molar-refractivity contribution is 6.14. The predicted octanol–water partition coefficient (Wildman–Crippen LogP) is 4.80. The molecule has 3 aromatic rings. The van der Waals surface area contributed by atoms with Gasteiger partial charge in [-0.05, 0) is 60.2 Å². The molecule has 0 aliphatic carbocycles. The minimum atomic E-state index is -0.667. The van der Waals surface area contributed by atoms with Crippen molar-refractivity contribution in [3.63, 3.8) is 0 Å². The van der Waals surface area contributed by atoms with Gasteiger partial charge in [-0.2, -0.15) is 0 Å². The summed E-state index contributed by atoms with van der Waals surface area (Å²) in [6.45, 7) is 0. The number of allylic oxidation sites excluding steroid dienone is 1. The lowest BCUT2D eigenvalue weighted by molar-refractivity contribution is 0.0734. The monoisotopic (exact) mass is 378 g/mol. The number of ketones is 1. The Morgan fingerprint density at radius 1 is 0.929 bits per heavy atom. The van der Waals surface area contributed by atoms with E-state index >= 15 is 0 Å². The number of esters is 1. The average molecular weight is 378 g/mol. The van der Waals surface area contributed by atoms with E-state index < -0.39 is 17.6 Å². The third-order valence-electron chi connectivity index (χ3n) is 4.08. The van der Waals surface area contributed by atoms with Gasteiger partial charge in [-0.3, -0.25) is 4.79 Å². The SMILES string of the molecule is O=C(Oc1ccc2c(c1)OC(=Cc1cccc(F)c1)C2=O)c1ccc(F)cc1. The third-order valence-corrected chi connectivity index (χ3v) is 4.08. The van der Waals surface area contributed by atoms with Crippen LogP contribution >= 0.6 is 0 Å². The Morgan fingerprint density at radius 3 is 2.46 bits per heavy atom. The summed E-state index contributed by atoms with van der Waals surface area (Å²) in [6, 6.07) is 15.1. The molecule has 0 radical (unpaired) electrons. The third kappa shape index (κ3) is 3.53. The van der Waals surface area contributed by atoms with Crippen LogP contribution in [0.4, 0.5) is 8.78 Å². The number of carbonyl (C=O) groups excluding carboxylic acids is 2. The molecular formula is C22H12F2O4. The molecule has 0 N–H and O–H groups in total. The Balaban J connectivity index is 1.55. The van der Waals surface area contributed by atoms with Crippen molar-refractivity contribution < 1.29 is 27.8 Å². The number of halogens is 2. The number of carbonyl (C=O) groups is 2. The number of hydrogen-bond donors (Lipinski definition) is 0. The summed E-state index contributed by atoms with van der Waals surface area (Å²) in [5, 5.41) is 0. The molecule has 0 fully saturated rings. The molecule has 138 valence electrons. The highest BCUT2D eigenvalue weighted by Gasteiger charge is 2.28. The lowest BCUT2D eigenvalue weighted by Crippen LogP contribution is -2.08. The largest absolute Gasteiger partial charge is 0.452 e. The Kier molecular flexibility index (Phi) is 4.45. The van der Waals surface area contributed by atoms with Gasteiger partial charge in [0.1, 0.15) is 23.1 Å². The maximum absolute atomic E-state index is 13.3. The first kappa shape index (κ1) is 17.6. The lowest BCUT2D eigenvalue weighted by Gasteiger charge is -2.05. The van der Waals surface area contributed by atoms with Crippen LogP contribution in [0.5, 0.6) is 11.5 Å². The minimum absolute atomic E-state index is 0.0441. The van der Waals surface area contributed by atoms with E-state index in [1.807, 2.05) is 0 Å². The molecule has 0 bridgehead atoms. The van der Waals surface area contributed by atoms with Gasteiger partial charge in [0, 0.05) is 6.07 Å². The smallest absolute Gasteiger partial charge is 0.343 e. The molecule has 0 saturated carbocycles. The first-order valence-corrected chi connectivity index (χ1v) is 8.31. The van der Waals surface area contributed by atoms with E-state index in [1.54, 1.807) is 6.07 Å². The zero-order chi connectivity index (χ0) is 19.7. The van der Waals surface area contributed by atoms with Gasteiger partial charge in [0.2, 0.25) is 5.78 Å². The fourth-order valence-electron chi connectivity index (χ4n) is 2.73. The average Bonchev–Trinajstić information content (AvgIpc) is 2.97. The Labute approximate surface area is 158 Å². The second kappa shape index (κ2) is 7.08. The number of fused-ring (bicyclic) bond motifs is 1. The summed E-state index contributed by atoms with van der Waals surface area (Å²) in [5.41, 5.74) is 0.980. The number of benzene rings is 3. The molecule has 3 aromatic carbocycles. The Bertz CT molecular complexity index is 1120. The molecule has 1 aliphatic heterocycles. The highest BCUT2D eigenvalue weighted by atomic mass is 19.1. The van der Waals surface area contributed by atoms with Crippen molar-refractivity contribution in [2.45, 2.75) is 0 Å². The minimum Gasteiger partial charge on any atom is -0.452 e. The highest BCUT2D eigenvalue weighted by Crippen LogP contribution is 2.35. The molecule has 0 aromatic heterocycles. The molecule has 0 amide bonds. The zero-order valence-electron chi connectivity index (χ0n) is 14.3. The molecule has 0 spiro atoms. The number of rotatable bonds is 3. The number of hydrogen-bond acceptors (Lipinski definition) is 4. The van der Waals surface area contributed by atoms with E-state index in [-0.39, 0.29) is 28.6 Å². The predicted molar refractivity (Wildman–Crippen MR) is 97.1 cm³/mol. The van der Waals surface area contributed by atoms with Crippen LogP contribution in [0.25, 0.3) is 6.08 Å². The van der Waals surface area contributed by atoms with Gasteiger partial charge in [0.05, 0.1) is 11.1 Å². The van der Waals surface area contributed by atoms with E-state index in [1.165, 1.54) is 54.6 Å². The fraction of sp³-hybridized carbons (Fsp3) is 0. The molecule has 1 aliphatic rings. The molecule has 0 saturated heterocycles. The summed E-state index contributed by atoms with van der Waals surface area (Å²) in [7, 11) is 0. The Hall–Kier alpha value is -3.80. The van der Waals surface area contributed by atoms with Crippen molar-refractivity contribution in [2.24, 2.45) is 0 Å². The molecule has 1 heterocycles. The summed E-state index contributed by atoms with van der Waals surface area (Å²) >= 11 is 0. The maximum Gasteiger partial charge on any atom is 0.343 e. The van der Waals surface area contributed by atoms with Crippen LogP contribution in [0.2, 0.25) is 0 Å². The van der Waals surface area contributed by atoms with Crippen molar-refractivity contribution in [1.29, 1.82) is 0 Å². The first-order chi connectivity index (χ1) is 13.5. The van der Waals surface area contributed by atoms with Gasteiger partial charge < -0.3 is 9.47 Å². The van der Waals surface area contributed by atoms with Crippen molar-refractivity contribution in [2.75, 3.05) is 0 Å². The van der Waals surface area contributed by atoms with Crippen molar-refractivity contribution in [3.05, 3.63) is 101 Å². The van der Waals surface area contributed by atoms with Gasteiger partial charge in [0.15, 0.2) is 5.76 Å². The van der Waals surface area contributed by atoms with E-state index in [9.17, 15) is 18.4 Å². The number of ether oxygens (including phenoxy) is 2. The van der Waals surface area contributed by atoms with Gasteiger partial charge in [-0.25, -0.2) is 13.6 Å². The first-order valence-electron chi connectivity index (χ1n) is 8.31. The standard InChI is InChI=1S/C22H12F2O4/c23-15-6-4-14(5-7-15)22(26)27-17-8-9-18-19(12-17)28-20(21(18)25)11-13-2-1-3-16(24)10-13/h1-12H. The molecule has 4 nitrogen and oxygen atoms in total. The normalized spacial score (nSPS) is 13.9. The van der Waals surface area contributed by atoms with E-state index in [0.29, 0.717) is 11.1 Å². The van der Waals surface area contributed by atoms with Crippen LogP contribution in [0.1, 0.15) is 26.3 Å². The van der Waals surface area contributed by atoms with Crippen molar-refractivity contribution in [3.8, 4) is 11.5 Å². The van der Waals surface area contributed by atoms with E-state index in [0.717, 1.165) is 12.1 Å². The van der Waals surface area contributed by atoms with Crippen molar-refractivity contribution >= 4 is 17.8 Å². The second-order valence-electron chi connectivity index (χ2n) is 6.05. The van der Waals surface area contributed by atoms with E-state index in [4.69, 9.17) is 9.47 Å². The van der Waals surface area contributed by atoms with E-state index in [2.05, 4.69) is 0 Å². The zero-order valence-corrected chi connectivity index (χ0v) is 14.3. The maximum atomic E-state index is 13.3. The van der Waals surface area contributed by atoms with Crippen LogP contribution in [-0.4, -0.2) is 11.8 Å². The van der Waals surface area contributed by atoms with Gasteiger partial charge in [-0.15, -0.1) is 0 Å². The molecule has 0 atom stereocenters. The molecule has 4 rings (SSSR count). The van der Waals surface area contributed by atoms with Crippen LogP contribution in [-0.2, 0) is 0 Å². The topological polar surface area (TPSA) is 52.6 Å². The van der Waals surface area contributed by atoms with Gasteiger partial charge >= 0.3 is 5.97 Å². The second-order valence-corrected chi connectivity index (χ2v) is 6.05. The molecular weight excluding hydrogens is 366 g/mol. The number of Topliss-reactive ketones (excluding diaryl/α,β-unsaturated/α-hetero) is 1. The van der Waals surface area contributed by atoms with Gasteiger partial charge in [0.25, 0.3) is 0 Å². The summed E-state index contributed by atoms with van der Waals surface area (Å²) in [6.07, 6.45) is 1.44. The molecule has 0 unspecified atom stereocenters. The quantitative estimate of drug-likeness (QED) is 0.373. The lowest BCUT2D eigenvalue weighted by atomic mass is 10.1.